The standard InChI is InChI=1S/C17H25NO3/c1-2-21-17(19)15-8-6-14(7-9-15)13-20-12-10-16-5-3-4-11-18-16/h6-9,16,18H,2-5,10-13H2,1H3. The molecule has 1 atom stereocenters. The summed E-state index contributed by atoms with van der Waals surface area (Å²) < 4.78 is 10.7. The van der Waals surface area contributed by atoms with Crippen LogP contribution >= 0.6 is 0 Å². The SMILES string of the molecule is CCOC(=O)c1ccc(COCCC2CCCCN2)cc1. The van der Waals surface area contributed by atoms with Gasteiger partial charge in [0.1, 0.15) is 0 Å². The average Bonchev–Trinajstić information content (AvgIpc) is 2.53. The van der Waals surface area contributed by atoms with Crippen LogP contribution in [0.2, 0.25) is 0 Å². The van der Waals surface area contributed by atoms with Gasteiger partial charge < -0.3 is 14.8 Å². The second-order valence-electron chi connectivity index (χ2n) is 5.41. The van der Waals surface area contributed by atoms with Crippen LogP contribution in [0.15, 0.2) is 24.3 Å². The molecule has 1 fully saturated rings. The first kappa shape index (κ1) is 16.0. The van der Waals surface area contributed by atoms with Gasteiger partial charge in [-0.2, -0.15) is 0 Å². The third-order valence-electron chi connectivity index (χ3n) is 3.76. The van der Waals surface area contributed by atoms with Crippen molar-refractivity contribution in [2.45, 2.75) is 45.3 Å². The number of piperidine rings is 1. The van der Waals surface area contributed by atoms with Crippen LogP contribution in [0.5, 0.6) is 0 Å². The molecule has 0 aromatic heterocycles. The number of benzene rings is 1. The van der Waals surface area contributed by atoms with Crippen molar-refractivity contribution in [3.8, 4) is 0 Å². The third kappa shape index (κ3) is 5.48. The monoisotopic (exact) mass is 291 g/mol. The van der Waals surface area contributed by atoms with Gasteiger partial charge in [0.05, 0.1) is 18.8 Å². The van der Waals surface area contributed by atoms with Crippen molar-refractivity contribution in [2.24, 2.45) is 0 Å². The normalized spacial score (nSPS) is 18.4. The van der Waals surface area contributed by atoms with Crippen LogP contribution in [0.3, 0.4) is 0 Å². The molecule has 0 aliphatic carbocycles. The van der Waals surface area contributed by atoms with Crippen molar-refractivity contribution in [2.75, 3.05) is 19.8 Å². The maximum Gasteiger partial charge on any atom is 0.338 e. The zero-order chi connectivity index (χ0) is 14.9. The Kier molecular flexibility index (Phi) is 6.70. The van der Waals surface area contributed by atoms with Gasteiger partial charge in [-0.25, -0.2) is 4.79 Å². The summed E-state index contributed by atoms with van der Waals surface area (Å²) in [7, 11) is 0. The highest BCUT2D eigenvalue weighted by Crippen LogP contribution is 2.11. The molecule has 1 heterocycles. The molecule has 21 heavy (non-hydrogen) atoms. The second kappa shape index (κ2) is 8.80. The van der Waals surface area contributed by atoms with E-state index in [9.17, 15) is 4.79 Å². The fourth-order valence-electron chi connectivity index (χ4n) is 2.54. The zero-order valence-electron chi connectivity index (χ0n) is 12.8. The quantitative estimate of drug-likeness (QED) is 0.620. The molecular weight excluding hydrogens is 266 g/mol. The van der Waals surface area contributed by atoms with Crippen molar-refractivity contribution >= 4 is 5.97 Å². The van der Waals surface area contributed by atoms with Gasteiger partial charge in [0.25, 0.3) is 0 Å². The molecule has 1 saturated heterocycles. The topological polar surface area (TPSA) is 47.6 Å². The zero-order valence-corrected chi connectivity index (χ0v) is 12.8. The second-order valence-corrected chi connectivity index (χ2v) is 5.41. The number of ether oxygens (including phenoxy) is 2. The molecule has 2 rings (SSSR count). The lowest BCUT2D eigenvalue weighted by atomic mass is 10.0. The Balaban J connectivity index is 1.67. The lowest BCUT2D eigenvalue weighted by Gasteiger charge is -2.23. The van der Waals surface area contributed by atoms with E-state index in [1.807, 2.05) is 12.1 Å². The van der Waals surface area contributed by atoms with E-state index in [1.165, 1.54) is 19.3 Å². The first-order valence-electron chi connectivity index (χ1n) is 7.87. The van der Waals surface area contributed by atoms with Gasteiger partial charge >= 0.3 is 5.97 Å². The van der Waals surface area contributed by atoms with Crippen molar-refractivity contribution in [1.29, 1.82) is 0 Å². The number of carbonyl (C=O) groups is 1. The molecule has 1 aliphatic heterocycles. The van der Waals surface area contributed by atoms with E-state index in [-0.39, 0.29) is 5.97 Å². The van der Waals surface area contributed by atoms with Gasteiger partial charge in [-0.15, -0.1) is 0 Å². The maximum atomic E-state index is 11.5. The van der Waals surface area contributed by atoms with Crippen LogP contribution in [0, 0.1) is 0 Å². The molecule has 116 valence electrons. The molecule has 0 bridgehead atoms. The van der Waals surface area contributed by atoms with Gasteiger partial charge in [0, 0.05) is 12.6 Å². The first-order valence-corrected chi connectivity index (χ1v) is 7.87. The number of carbonyl (C=O) groups excluding carboxylic acids is 1. The predicted octanol–water partition coefficient (Wildman–Crippen LogP) is 2.91. The minimum Gasteiger partial charge on any atom is -0.462 e. The van der Waals surface area contributed by atoms with Crippen molar-refractivity contribution in [1.82, 2.24) is 5.32 Å². The molecule has 4 nitrogen and oxygen atoms in total. The van der Waals surface area contributed by atoms with Crippen LogP contribution in [-0.2, 0) is 16.1 Å². The molecule has 1 aromatic carbocycles. The Hall–Kier alpha value is -1.39. The fourth-order valence-corrected chi connectivity index (χ4v) is 2.54. The van der Waals surface area contributed by atoms with Crippen LogP contribution in [0.1, 0.15) is 48.5 Å². The van der Waals surface area contributed by atoms with Crippen molar-refractivity contribution < 1.29 is 14.3 Å². The molecule has 1 unspecified atom stereocenters. The van der Waals surface area contributed by atoms with E-state index in [2.05, 4.69) is 5.32 Å². The molecule has 1 aromatic rings. The van der Waals surface area contributed by atoms with Gasteiger partial charge in [-0.05, 0) is 50.4 Å². The maximum absolute atomic E-state index is 11.5. The number of hydrogen-bond acceptors (Lipinski definition) is 4. The number of esters is 1. The van der Waals surface area contributed by atoms with Crippen LogP contribution in [0.4, 0.5) is 0 Å². The Morgan fingerprint density at radius 3 is 2.76 bits per heavy atom. The Bertz CT molecular complexity index is 424. The number of nitrogens with one attached hydrogen (secondary N) is 1. The highest BCUT2D eigenvalue weighted by atomic mass is 16.5. The molecule has 1 N–H and O–H groups in total. The lowest BCUT2D eigenvalue weighted by molar-refractivity contribution is 0.0526. The van der Waals surface area contributed by atoms with E-state index in [0.717, 1.165) is 25.1 Å². The highest BCUT2D eigenvalue weighted by Gasteiger charge is 2.11. The molecule has 1 aliphatic rings. The lowest BCUT2D eigenvalue weighted by Crippen LogP contribution is -2.34. The predicted molar refractivity (Wildman–Crippen MR) is 82.3 cm³/mol. The molecule has 0 saturated carbocycles. The van der Waals surface area contributed by atoms with E-state index in [4.69, 9.17) is 9.47 Å². The Morgan fingerprint density at radius 2 is 2.10 bits per heavy atom. The van der Waals surface area contributed by atoms with Crippen molar-refractivity contribution in [3.05, 3.63) is 35.4 Å². The van der Waals surface area contributed by atoms with E-state index in [0.29, 0.717) is 24.8 Å². The summed E-state index contributed by atoms with van der Waals surface area (Å²) in [5.41, 5.74) is 1.67. The van der Waals surface area contributed by atoms with Crippen LogP contribution < -0.4 is 5.32 Å². The molecular formula is C17H25NO3. The molecule has 0 amide bonds. The summed E-state index contributed by atoms with van der Waals surface area (Å²) in [5, 5.41) is 3.52. The summed E-state index contributed by atoms with van der Waals surface area (Å²) in [6, 6.07) is 8.04. The largest absolute Gasteiger partial charge is 0.462 e. The van der Waals surface area contributed by atoms with Gasteiger partial charge in [0.2, 0.25) is 0 Å². The summed E-state index contributed by atoms with van der Waals surface area (Å²) in [6.45, 7) is 4.72. The minimum absolute atomic E-state index is 0.270. The molecule has 0 radical (unpaired) electrons. The van der Waals surface area contributed by atoms with Crippen LogP contribution in [0.25, 0.3) is 0 Å². The summed E-state index contributed by atoms with van der Waals surface area (Å²) in [6.07, 6.45) is 4.95. The minimum atomic E-state index is -0.270. The third-order valence-corrected chi connectivity index (χ3v) is 3.76. The van der Waals surface area contributed by atoms with E-state index < -0.39 is 0 Å². The Morgan fingerprint density at radius 1 is 1.29 bits per heavy atom. The first-order chi connectivity index (χ1) is 10.3. The molecule has 0 spiro atoms. The Labute approximate surface area is 126 Å². The highest BCUT2D eigenvalue weighted by molar-refractivity contribution is 5.89. The number of hydrogen-bond donors (Lipinski definition) is 1. The number of rotatable bonds is 7. The van der Waals surface area contributed by atoms with Crippen LogP contribution in [-0.4, -0.2) is 31.8 Å². The van der Waals surface area contributed by atoms with Gasteiger partial charge in [-0.3, -0.25) is 0 Å². The van der Waals surface area contributed by atoms with Crippen molar-refractivity contribution in [3.63, 3.8) is 0 Å². The van der Waals surface area contributed by atoms with Gasteiger partial charge in [0.15, 0.2) is 0 Å². The fraction of sp³-hybridized carbons (Fsp3) is 0.588. The molecule has 4 heteroatoms. The summed E-state index contributed by atoms with van der Waals surface area (Å²) in [4.78, 5) is 11.5. The van der Waals surface area contributed by atoms with Gasteiger partial charge in [-0.1, -0.05) is 18.6 Å². The summed E-state index contributed by atoms with van der Waals surface area (Å²) in [5.74, 6) is -0.270. The smallest absolute Gasteiger partial charge is 0.338 e. The summed E-state index contributed by atoms with van der Waals surface area (Å²) >= 11 is 0. The van der Waals surface area contributed by atoms with E-state index in [1.54, 1.807) is 19.1 Å². The average molecular weight is 291 g/mol. The van der Waals surface area contributed by atoms with E-state index >= 15 is 0 Å².